The molecule has 1 atom stereocenters. The van der Waals surface area contributed by atoms with Crippen molar-refractivity contribution in [3.05, 3.63) is 130 Å². The molecule has 9 nitrogen and oxygen atoms in total. The first kappa shape index (κ1) is 32.8. The normalized spacial score (nSPS) is 15.5. The minimum Gasteiger partial charge on any atom is -0.507 e. The lowest BCUT2D eigenvalue weighted by molar-refractivity contribution is -0.132. The molecule has 1 aliphatic heterocycles. The maximum atomic E-state index is 13.8. The molecule has 0 spiro atoms. The largest absolute Gasteiger partial charge is 0.507 e. The van der Waals surface area contributed by atoms with Crippen molar-refractivity contribution in [3.8, 4) is 17.2 Å². The maximum absolute atomic E-state index is 13.8. The molecule has 1 aliphatic rings. The molecule has 6 rings (SSSR count). The van der Waals surface area contributed by atoms with E-state index in [9.17, 15) is 14.7 Å². The van der Waals surface area contributed by atoms with Gasteiger partial charge in [-0.3, -0.25) is 14.5 Å². The van der Waals surface area contributed by atoms with Gasteiger partial charge in [-0.1, -0.05) is 89.3 Å². The van der Waals surface area contributed by atoms with E-state index >= 15 is 0 Å². The quantitative estimate of drug-likeness (QED) is 0.0465. The summed E-state index contributed by atoms with van der Waals surface area (Å²) < 4.78 is 18.0. The molecule has 244 valence electrons. The Kier molecular flexibility index (Phi) is 10.1. The van der Waals surface area contributed by atoms with Gasteiger partial charge >= 0.3 is 5.91 Å². The van der Waals surface area contributed by atoms with E-state index in [1.165, 1.54) is 33.6 Å². The molecule has 0 aliphatic carbocycles. The zero-order valence-corrected chi connectivity index (χ0v) is 28.2. The summed E-state index contributed by atoms with van der Waals surface area (Å²) in [5, 5.41) is 20.5. The Morgan fingerprint density at radius 3 is 2.35 bits per heavy atom. The summed E-state index contributed by atoms with van der Waals surface area (Å²) in [4.78, 5) is 28.8. The van der Waals surface area contributed by atoms with Crippen LogP contribution in [0.3, 0.4) is 0 Å². The number of carbonyl (C=O) groups is 2. The fourth-order valence-corrected chi connectivity index (χ4v) is 7.08. The minimum atomic E-state index is -1.02. The Bertz CT molecular complexity index is 1940. The number of amides is 1. The molecule has 1 N–H and O–H groups in total. The molecule has 1 aromatic heterocycles. The van der Waals surface area contributed by atoms with E-state index in [2.05, 4.69) is 34.5 Å². The van der Waals surface area contributed by atoms with Gasteiger partial charge in [0.15, 0.2) is 15.8 Å². The number of thioether (sulfide) groups is 1. The van der Waals surface area contributed by atoms with Crippen LogP contribution in [0.25, 0.3) is 5.76 Å². The summed E-state index contributed by atoms with van der Waals surface area (Å²) in [7, 11) is 1.54. The number of Topliss-reactive ketones (excluding diaryl/α,β-unsaturated/α-hetero) is 1. The molecule has 1 fully saturated rings. The molecule has 11 heteroatoms. The van der Waals surface area contributed by atoms with Gasteiger partial charge in [-0.05, 0) is 66.9 Å². The molecule has 4 aromatic carbocycles. The Morgan fingerprint density at radius 1 is 0.896 bits per heavy atom. The summed E-state index contributed by atoms with van der Waals surface area (Å²) >= 11 is 2.70. The van der Waals surface area contributed by atoms with E-state index in [0.29, 0.717) is 51.7 Å². The highest BCUT2D eigenvalue weighted by Gasteiger charge is 2.48. The van der Waals surface area contributed by atoms with Crippen LogP contribution in [-0.4, -0.2) is 40.7 Å². The number of ketones is 1. The maximum Gasteiger partial charge on any atom is 0.301 e. The predicted molar refractivity (Wildman–Crippen MR) is 187 cm³/mol. The topological polar surface area (TPSA) is 111 Å². The van der Waals surface area contributed by atoms with Crippen molar-refractivity contribution in [2.45, 2.75) is 36.6 Å². The molecule has 1 unspecified atom stereocenters. The second-order valence-corrected chi connectivity index (χ2v) is 13.1. The van der Waals surface area contributed by atoms with Crippen molar-refractivity contribution < 1.29 is 28.9 Å². The number of hydrogen-bond donors (Lipinski definition) is 1. The summed E-state index contributed by atoms with van der Waals surface area (Å²) in [6.07, 6.45) is 0. The highest BCUT2D eigenvalue weighted by Crippen LogP contribution is 2.46. The zero-order valence-electron chi connectivity index (χ0n) is 26.6. The molecule has 2 heterocycles. The molecule has 48 heavy (non-hydrogen) atoms. The Labute approximate surface area is 286 Å². The Balaban J connectivity index is 1.39. The molecular formula is C37H33N3O6S2. The fraction of sp³-hybridized carbons (Fsp3) is 0.189. The number of anilines is 1. The van der Waals surface area contributed by atoms with Crippen LogP contribution in [-0.2, 0) is 21.9 Å². The van der Waals surface area contributed by atoms with E-state index in [0.717, 1.165) is 11.1 Å². The number of methoxy groups -OCH3 is 1. The second kappa shape index (κ2) is 14.7. The number of hydrogen-bond acceptors (Lipinski definition) is 10. The van der Waals surface area contributed by atoms with E-state index in [4.69, 9.17) is 14.2 Å². The fourth-order valence-electron chi connectivity index (χ4n) is 5.25. The number of aliphatic hydroxyl groups is 1. The van der Waals surface area contributed by atoms with Crippen LogP contribution in [0.15, 0.2) is 107 Å². The lowest BCUT2D eigenvalue weighted by Crippen LogP contribution is -2.29. The molecular weight excluding hydrogens is 647 g/mol. The number of nitrogens with zero attached hydrogens (tertiary/aromatic N) is 3. The number of benzene rings is 4. The van der Waals surface area contributed by atoms with Gasteiger partial charge in [0, 0.05) is 11.3 Å². The van der Waals surface area contributed by atoms with Gasteiger partial charge in [-0.2, -0.15) is 0 Å². The first-order valence-corrected chi connectivity index (χ1v) is 17.1. The van der Waals surface area contributed by atoms with Gasteiger partial charge < -0.3 is 19.3 Å². The van der Waals surface area contributed by atoms with Crippen LogP contribution < -0.4 is 19.1 Å². The second-order valence-electron chi connectivity index (χ2n) is 10.9. The van der Waals surface area contributed by atoms with Crippen LogP contribution in [0, 0.1) is 6.92 Å². The lowest BCUT2D eigenvalue weighted by atomic mass is 9.95. The van der Waals surface area contributed by atoms with Crippen molar-refractivity contribution >= 4 is 45.7 Å². The first-order chi connectivity index (χ1) is 23.4. The van der Waals surface area contributed by atoms with Gasteiger partial charge in [-0.15, -0.1) is 10.2 Å². The van der Waals surface area contributed by atoms with Gasteiger partial charge in [0.25, 0.3) is 5.78 Å². The number of aromatic nitrogens is 2. The summed E-state index contributed by atoms with van der Waals surface area (Å²) in [6, 6.07) is 28.8. The average Bonchev–Trinajstić information content (AvgIpc) is 3.69. The molecule has 0 saturated carbocycles. The van der Waals surface area contributed by atoms with Crippen LogP contribution in [0.4, 0.5) is 5.13 Å². The molecule has 5 aromatic rings. The summed E-state index contributed by atoms with van der Waals surface area (Å²) in [6.45, 7) is 4.58. The molecule has 0 radical (unpaired) electrons. The number of rotatable bonds is 12. The SMILES string of the molecule is CCOc1cc(C2/C(=C(\O)c3ccc(OC)cc3)C(=O)C(=O)N2c2nnc(SCc3ccc(C)cc3)s2)ccc1OCc1ccccc1. The highest BCUT2D eigenvalue weighted by molar-refractivity contribution is 8.00. The Hall–Kier alpha value is -5.13. The van der Waals surface area contributed by atoms with E-state index < -0.39 is 17.7 Å². The van der Waals surface area contributed by atoms with E-state index in [1.807, 2.05) is 44.2 Å². The van der Waals surface area contributed by atoms with Gasteiger partial charge in [0.1, 0.15) is 18.1 Å². The monoisotopic (exact) mass is 679 g/mol. The predicted octanol–water partition coefficient (Wildman–Crippen LogP) is 7.75. The van der Waals surface area contributed by atoms with Crippen LogP contribution in [0.2, 0.25) is 0 Å². The number of ether oxygens (including phenoxy) is 3. The third kappa shape index (κ3) is 7.07. The lowest BCUT2D eigenvalue weighted by Gasteiger charge is -2.23. The van der Waals surface area contributed by atoms with Crippen LogP contribution >= 0.6 is 23.1 Å². The average molecular weight is 680 g/mol. The first-order valence-electron chi connectivity index (χ1n) is 15.3. The van der Waals surface area contributed by atoms with Crippen LogP contribution in [0.1, 0.15) is 40.8 Å². The van der Waals surface area contributed by atoms with Crippen molar-refractivity contribution in [3.63, 3.8) is 0 Å². The van der Waals surface area contributed by atoms with Crippen molar-refractivity contribution in [2.75, 3.05) is 18.6 Å². The standard InChI is InChI=1S/C37H33N3O6S2/c1-4-45-30-20-27(16-19-29(30)46-21-24-8-6-5-7-9-24)32-31(33(41)26-14-17-28(44-3)18-15-26)34(42)35(43)40(32)36-38-39-37(48-36)47-22-25-12-10-23(2)11-13-25/h5-20,32,41H,4,21-22H2,1-3H3/b33-31+. The highest BCUT2D eigenvalue weighted by atomic mass is 32.2. The number of aryl methyl sites for hydroxylation is 1. The van der Waals surface area contributed by atoms with E-state index in [-0.39, 0.29) is 16.5 Å². The minimum absolute atomic E-state index is 0.0744. The smallest absolute Gasteiger partial charge is 0.301 e. The summed E-state index contributed by atoms with van der Waals surface area (Å²) in [5.74, 6) is 0.222. The Morgan fingerprint density at radius 2 is 1.65 bits per heavy atom. The van der Waals surface area contributed by atoms with E-state index in [1.54, 1.807) is 49.6 Å². The van der Waals surface area contributed by atoms with Gasteiger partial charge in [-0.25, -0.2) is 0 Å². The molecule has 0 bridgehead atoms. The number of carbonyl (C=O) groups excluding carboxylic acids is 2. The van der Waals surface area contributed by atoms with Crippen molar-refractivity contribution in [2.24, 2.45) is 0 Å². The third-order valence-electron chi connectivity index (χ3n) is 7.71. The summed E-state index contributed by atoms with van der Waals surface area (Å²) in [5.41, 5.74) is 4.11. The van der Waals surface area contributed by atoms with Gasteiger partial charge in [0.2, 0.25) is 5.13 Å². The number of aliphatic hydroxyl groups excluding tert-OH is 1. The third-order valence-corrected chi connectivity index (χ3v) is 9.84. The van der Waals surface area contributed by atoms with Crippen molar-refractivity contribution in [1.29, 1.82) is 0 Å². The van der Waals surface area contributed by atoms with Gasteiger partial charge in [0.05, 0.1) is 25.3 Å². The van der Waals surface area contributed by atoms with Crippen LogP contribution in [0.5, 0.6) is 17.2 Å². The molecule has 1 amide bonds. The zero-order chi connectivity index (χ0) is 33.6. The van der Waals surface area contributed by atoms with Crippen molar-refractivity contribution in [1.82, 2.24) is 10.2 Å². The molecule has 1 saturated heterocycles.